The predicted molar refractivity (Wildman–Crippen MR) is 57.8 cm³/mol. The van der Waals surface area contributed by atoms with Crippen LogP contribution in [0.1, 0.15) is 0 Å². The molecule has 2 heterocycles. The normalized spacial score (nSPS) is 10.8. The van der Waals surface area contributed by atoms with Gasteiger partial charge < -0.3 is 4.42 Å². The highest BCUT2D eigenvalue weighted by Crippen LogP contribution is 2.25. The van der Waals surface area contributed by atoms with Crippen LogP contribution in [-0.2, 0) is 0 Å². The SMILES string of the molecule is Clc1ncnnc1-c1ccc2ncoc2c1. The van der Waals surface area contributed by atoms with Gasteiger partial charge in [-0.1, -0.05) is 17.7 Å². The second-order valence-corrected chi connectivity index (χ2v) is 3.49. The Morgan fingerprint density at radius 2 is 2.12 bits per heavy atom. The van der Waals surface area contributed by atoms with Gasteiger partial charge in [-0.15, -0.1) is 10.2 Å². The van der Waals surface area contributed by atoms with Crippen molar-refractivity contribution < 1.29 is 4.42 Å². The number of hydrogen-bond acceptors (Lipinski definition) is 5. The topological polar surface area (TPSA) is 64.7 Å². The Balaban J connectivity index is 2.22. The summed E-state index contributed by atoms with van der Waals surface area (Å²) in [5, 5.41) is 7.94. The van der Waals surface area contributed by atoms with E-state index in [1.807, 2.05) is 12.1 Å². The van der Waals surface area contributed by atoms with Gasteiger partial charge in [0.15, 0.2) is 17.1 Å². The molecule has 0 aliphatic rings. The largest absolute Gasteiger partial charge is 0.443 e. The van der Waals surface area contributed by atoms with Gasteiger partial charge in [-0.3, -0.25) is 0 Å². The minimum Gasteiger partial charge on any atom is -0.443 e. The molecule has 0 unspecified atom stereocenters. The molecule has 0 saturated carbocycles. The molecule has 0 atom stereocenters. The van der Waals surface area contributed by atoms with Gasteiger partial charge in [-0.25, -0.2) is 9.97 Å². The molecular formula is C10H5ClN4O. The van der Waals surface area contributed by atoms with Gasteiger partial charge in [0.05, 0.1) is 0 Å². The minimum atomic E-state index is 0.314. The second-order valence-electron chi connectivity index (χ2n) is 3.13. The first-order valence-electron chi connectivity index (χ1n) is 4.51. The summed E-state index contributed by atoms with van der Waals surface area (Å²) in [7, 11) is 0. The predicted octanol–water partition coefficient (Wildman–Crippen LogP) is 2.33. The highest BCUT2D eigenvalue weighted by atomic mass is 35.5. The summed E-state index contributed by atoms with van der Waals surface area (Å²) < 4.78 is 5.20. The summed E-state index contributed by atoms with van der Waals surface area (Å²) in [6.07, 6.45) is 2.70. The monoisotopic (exact) mass is 232 g/mol. The van der Waals surface area contributed by atoms with Crippen molar-refractivity contribution in [3.8, 4) is 11.3 Å². The number of fused-ring (bicyclic) bond motifs is 1. The summed E-state index contributed by atoms with van der Waals surface area (Å²) in [6.45, 7) is 0. The quantitative estimate of drug-likeness (QED) is 0.644. The Kier molecular flexibility index (Phi) is 2.04. The number of oxazole rings is 1. The molecule has 0 amide bonds. The number of benzene rings is 1. The van der Waals surface area contributed by atoms with Gasteiger partial charge in [0.2, 0.25) is 0 Å². The summed E-state index contributed by atoms with van der Waals surface area (Å²) >= 11 is 5.92. The summed E-state index contributed by atoms with van der Waals surface area (Å²) in [5.41, 5.74) is 2.80. The molecule has 0 spiro atoms. The fourth-order valence-electron chi connectivity index (χ4n) is 1.44. The second kappa shape index (κ2) is 3.53. The summed E-state index contributed by atoms with van der Waals surface area (Å²) in [5.74, 6) is 0. The highest BCUT2D eigenvalue weighted by Gasteiger charge is 2.08. The van der Waals surface area contributed by atoms with Crippen LogP contribution >= 0.6 is 11.6 Å². The van der Waals surface area contributed by atoms with E-state index in [4.69, 9.17) is 16.0 Å². The zero-order valence-corrected chi connectivity index (χ0v) is 8.72. The molecule has 0 radical (unpaired) electrons. The van der Waals surface area contributed by atoms with Crippen LogP contribution in [0.2, 0.25) is 5.15 Å². The highest BCUT2D eigenvalue weighted by molar-refractivity contribution is 6.31. The Morgan fingerprint density at radius 1 is 1.19 bits per heavy atom. The van der Waals surface area contributed by atoms with E-state index in [1.165, 1.54) is 12.7 Å². The lowest BCUT2D eigenvalue weighted by atomic mass is 10.1. The average Bonchev–Trinajstić information content (AvgIpc) is 2.76. The first-order chi connectivity index (χ1) is 7.84. The molecule has 3 rings (SSSR count). The molecule has 16 heavy (non-hydrogen) atoms. The molecule has 5 nitrogen and oxygen atoms in total. The van der Waals surface area contributed by atoms with Crippen LogP contribution in [0.25, 0.3) is 22.4 Å². The van der Waals surface area contributed by atoms with Crippen LogP contribution in [0.15, 0.2) is 35.3 Å². The van der Waals surface area contributed by atoms with E-state index in [2.05, 4.69) is 20.2 Å². The van der Waals surface area contributed by atoms with Crippen molar-refractivity contribution in [2.75, 3.05) is 0 Å². The van der Waals surface area contributed by atoms with Crippen molar-refractivity contribution in [3.05, 3.63) is 36.1 Å². The third-order valence-electron chi connectivity index (χ3n) is 2.18. The maximum absolute atomic E-state index is 5.92. The molecule has 0 N–H and O–H groups in total. The average molecular weight is 233 g/mol. The molecule has 0 bridgehead atoms. The van der Waals surface area contributed by atoms with Crippen LogP contribution < -0.4 is 0 Å². The van der Waals surface area contributed by atoms with Gasteiger partial charge >= 0.3 is 0 Å². The lowest BCUT2D eigenvalue weighted by Crippen LogP contribution is -1.90. The van der Waals surface area contributed by atoms with Crippen LogP contribution in [0.4, 0.5) is 0 Å². The maximum Gasteiger partial charge on any atom is 0.181 e. The molecule has 0 saturated heterocycles. The van der Waals surface area contributed by atoms with Gasteiger partial charge in [0, 0.05) is 5.56 Å². The first-order valence-corrected chi connectivity index (χ1v) is 4.89. The molecule has 1 aromatic carbocycles. The van der Waals surface area contributed by atoms with Crippen molar-refractivity contribution in [2.24, 2.45) is 0 Å². The van der Waals surface area contributed by atoms with Crippen molar-refractivity contribution in [2.45, 2.75) is 0 Å². The number of nitrogens with zero attached hydrogens (tertiary/aromatic N) is 4. The Labute approximate surface area is 95.1 Å². The number of aromatic nitrogens is 4. The Bertz CT molecular complexity index is 652. The third-order valence-corrected chi connectivity index (χ3v) is 2.46. The van der Waals surface area contributed by atoms with Crippen LogP contribution in [-0.4, -0.2) is 20.2 Å². The van der Waals surface area contributed by atoms with E-state index in [-0.39, 0.29) is 0 Å². The Morgan fingerprint density at radius 3 is 3.00 bits per heavy atom. The van der Waals surface area contributed by atoms with Gasteiger partial charge in [-0.05, 0) is 12.1 Å². The molecule has 0 aliphatic heterocycles. The van der Waals surface area contributed by atoms with E-state index >= 15 is 0 Å². The Hall–Kier alpha value is -2.01. The fourth-order valence-corrected chi connectivity index (χ4v) is 1.63. The number of rotatable bonds is 1. The standard InChI is InChI=1S/C10H5ClN4O/c11-10-9(15-14-4-12-10)6-1-2-7-8(3-6)16-5-13-7/h1-5H. The van der Waals surface area contributed by atoms with E-state index < -0.39 is 0 Å². The van der Waals surface area contributed by atoms with E-state index in [9.17, 15) is 0 Å². The minimum absolute atomic E-state index is 0.314. The van der Waals surface area contributed by atoms with Crippen molar-refractivity contribution in [1.29, 1.82) is 0 Å². The molecule has 0 aliphatic carbocycles. The van der Waals surface area contributed by atoms with Gasteiger partial charge in [0.25, 0.3) is 0 Å². The fraction of sp³-hybridized carbons (Fsp3) is 0. The summed E-state index contributed by atoms with van der Waals surface area (Å²) in [6, 6.07) is 5.49. The van der Waals surface area contributed by atoms with Crippen LogP contribution in [0.5, 0.6) is 0 Å². The zero-order valence-electron chi connectivity index (χ0n) is 7.96. The van der Waals surface area contributed by atoms with E-state index in [0.29, 0.717) is 16.4 Å². The lowest BCUT2D eigenvalue weighted by Gasteiger charge is -1.99. The van der Waals surface area contributed by atoms with E-state index in [0.717, 1.165) is 11.1 Å². The zero-order chi connectivity index (χ0) is 11.0. The molecule has 0 fully saturated rings. The molecule has 6 heteroatoms. The van der Waals surface area contributed by atoms with Crippen LogP contribution in [0.3, 0.4) is 0 Å². The molecule has 2 aromatic heterocycles. The van der Waals surface area contributed by atoms with Crippen molar-refractivity contribution >= 4 is 22.7 Å². The summed E-state index contributed by atoms with van der Waals surface area (Å²) in [4.78, 5) is 7.89. The lowest BCUT2D eigenvalue weighted by molar-refractivity contribution is 0.602. The smallest absolute Gasteiger partial charge is 0.181 e. The van der Waals surface area contributed by atoms with Crippen LogP contribution in [0, 0.1) is 0 Å². The molecular weight excluding hydrogens is 228 g/mol. The maximum atomic E-state index is 5.92. The number of hydrogen-bond donors (Lipinski definition) is 0. The first kappa shape index (κ1) is 9.23. The number of halogens is 1. The molecule has 3 aromatic rings. The molecule has 78 valence electrons. The van der Waals surface area contributed by atoms with Gasteiger partial charge in [0.1, 0.15) is 17.5 Å². The van der Waals surface area contributed by atoms with Crippen molar-refractivity contribution in [3.63, 3.8) is 0 Å². The van der Waals surface area contributed by atoms with E-state index in [1.54, 1.807) is 6.07 Å². The van der Waals surface area contributed by atoms with Gasteiger partial charge in [-0.2, -0.15) is 0 Å². The van der Waals surface area contributed by atoms with Crippen molar-refractivity contribution in [1.82, 2.24) is 20.2 Å². The third kappa shape index (κ3) is 1.42.